The fourth-order valence-electron chi connectivity index (χ4n) is 1.65. The summed E-state index contributed by atoms with van der Waals surface area (Å²) in [5, 5.41) is 4.92. The van der Waals surface area contributed by atoms with E-state index in [1.165, 1.54) is 24.3 Å². The molecule has 0 aliphatic carbocycles. The lowest BCUT2D eigenvalue weighted by atomic mass is 10.0. The fraction of sp³-hybridized carbons (Fsp3) is 0.214. The van der Waals surface area contributed by atoms with Crippen LogP contribution in [0.2, 0.25) is 0 Å². The molecule has 1 heterocycles. The second-order valence-electron chi connectivity index (χ2n) is 4.56. The summed E-state index contributed by atoms with van der Waals surface area (Å²) in [5.41, 5.74) is 0.0284. The van der Waals surface area contributed by atoms with Crippen LogP contribution in [-0.2, 0) is 5.54 Å². The lowest BCUT2D eigenvalue weighted by molar-refractivity contribution is 0.0913. The van der Waals surface area contributed by atoms with E-state index in [1.54, 1.807) is 11.3 Å². The maximum Gasteiger partial charge on any atom is 0.251 e. The van der Waals surface area contributed by atoms with Crippen molar-refractivity contribution in [3.05, 3.63) is 58.0 Å². The number of rotatable bonds is 3. The minimum atomic E-state index is -0.431. The summed E-state index contributed by atoms with van der Waals surface area (Å²) in [6.45, 7) is 3.89. The molecule has 1 amide bonds. The van der Waals surface area contributed by atoms with Crippen LogP contribution in [-0.4, -0.2) is 5.91 Å². The highest BCUT2D eigenvalue weighted by molar-refractivity contribution is 7.10. The van der Waals surface area contributed by atoms with Gasteiger partial charge in [0.2, 0.25) is 0 Å². The second kappa shape index (κ2) is 4.90. The van der Waals surface area contributed by atoms with Gasteiger partial charge in [0, 0.05) is 10.4 Å². The zero-order valence-corrected chi connectivity index (χ0v) is 11.1. The van der Waals surface area contributed by atoms with Gasteiger partial charge in [-0.2, -0.15) is 0 Å². The van der Waals surface area contributed by atoms with E-state index in [4.69, 9.17) is 0 Å². The average molecular weight is 263 g/mol. The van der Waals surface area contributed by atoms with Gasteiger partial charge in [0.15, 0.2) is 0 Å². The molecule has 0 saturated carbocycles. The molecule has 1 aromatic heterocycles. The predicted octanol–water partition coefficient (Wildman–Crippen LogP) is 3.55. The summed E-state index contributed by atoms with van der Waals surface area (Å²) in [7, 11) is 0. The smallest absolute Gasteiger partial charge is 0.251 e. The summed E-state index contributed by atoms with van der Waals surface area (Å²) in [6.07, 6.45) is 0. The number of carbonyl (C=O) groups excluding carboxylic acids is 1. The Bertz CT molecular complexity index is 531. The van der Waals surface area contributed by atoms with Crippen LogP contribution in [0.15, 0.2) is 41.8 Å². The third kappa shape index (κ3) is 2.76. The first-order valence-corrected chi connectivity index (χ1v) is 6.49. The van der Waals surface area contributed by atoms with Gasteiger partial charge in [-0.25, -0.2) is 4.39 Å². The molecular weight excluding hydrogens is 249 g/mol. The first-order chi connectivity index (χ1) is 8.49. The molecule has 18 heavy (non-hydrogen) atoms. The monoisotopic (exact) mass is 263 g/mol. The highest BCUT2D eigenvalue weighted by atomic mass is 32.1. The van der Waals surface area contributed by atoms with Gasteiger partial charge in [0.1, 0.15) is 5.82 Å². The maximum atomic E-state index is 12.8. The van der Waals surface area contributed by atoms with Gasteiger partial charge in [-0.3, -0.25) is 4.79 Å². The van der Waals surface area contributed by atoms with E-state index in [1.807, 2.05) is 31.4 Å². The SMILES string of the molecule is CC(C)(NC(=O)c1ccc(F)cc1)c1cccs1. The molecular formula is C14H14FNOS. The van der Waals surface area contributed by atoms with Gasteiger partial charge < -0.3 is 5.32 Å². The van der Waals surface area contributed by atoms with Gasteiger partial charge >= 0.3 is 0 Å². The highest BCUT2D eigenvalue weighted by Gasteiger charge is 2.24. The Kier molecular flexibility index (Phi) is 3.48. The largest absolute Gasteiger partial charge is 0.342 e. The Hall–Kier alpha value is -1.68. The molecule has 4 heteroatoms. The third-order valence-electron chi connectivity index (χ3n) is 2.67. The third-order valence-corrected chi connectivity index (χ3v) is 3.86. The standard InChI is InChI=1S/C14H14FNOS/c1-14(2,12-4-3-9-18-12)16-13(17)10-5-7-11(15)8-6-10/h3-9H,1-2H3,(H,16,17). The molecule has 2 aromatic rings. The molecule has 0 aliphatic heterocycles. The molecule has 94 valence electrons. The number of benzene rings is 1. The van der Waals surface area contributed by atoms with Crippen molar-refractivity contribution < 1.29 is 9.18 Å². The van der Waals surface area contributed by atoms with Crippen LogP contribution >= 0.6 is 11.3 Å². The van der Waals surface area contributed by atoms with Gasteiger partial charge in [-0.1, -0.05) is 6.07 Å². The van der Waals surface area contributed by atoms with E-state index in [2.05, 4.69) is 5.32 Å². The van der Waals surface area contributed by atoms with Crippen LogP contribution in [0.5, 0.6) is 0 Å². The van der Waals surface area contributed by atoms with Crippen LogP contribution in [0.4, 0.5) is 4.39 Å². The number of thiophene rings is 1. The lowest BCUT2D eigenvalue weighted by Crippen LogP contribution is -2.40. The topological polar surface area (TPSA) is 29.1 Å². The van der Waals surface area contributed by atoms with Crippen LogP contribution in [0, 0.1) is 5.82 Å². The molecule has 0 radical (unpaired) electrons. The van der Waals surface area contributed by atoms with Gasteiger partial charge in [-0.15, -0.1) is 11.3 Å². The molecule has 0 atom stereocenters. The van der Waals surface area contributed by atoms with E-state index in [0.29, 0.717) is 5.56 Å². The van der Waals surface area contributed by atoms with Crippen molar-refractivity contribution in [2.24, 2.45) is 0 Å². The molecule has 0 unspecified atom stereocenters. The van der Waals surface area contributed by atoms with Gasteiger partial charge in [0.05, 0.1) is 5.54 Å². The normalized spacial score (nSPS) is 11.3. The van der Waals surface area contributed by atoms with Crippen LogP contribution in [0.25, 0.3) is 0 Å². The number of hydrogen-bond donors (Lipinski definition) is 1. The van der Waals surface area contributed by atoms with Crippen LogP contribution < -0.4 is 5.32 Å². The van der Waals surface area contributed by atoms with Crippen molar-refractivity contribution in [2.45, 2.75) is 19.4 Å². The van der Waals surface area contributed by atoms with E-state index in [9.17, 15) is 9.18 Å². The van der Waals surface area contributed by atoms with E-state index >= 15 is 0 Å². The molecule has 1 N–H and O–H groups in total. The first-order valence-electron chi connectivity index (χ1n) is 5.61. The maximum absolute atomic E-state index is 12.8. The van der Waals surface area contributed by atoms with Crippen molar-refractivity contribution in [1.29, 1.82) is 0 Å². The van der Waals surface area contributed by atoms with Crippen LogP contribution in [0.1, 0.15) is 29.1 Å². The number of carbonyl (C=O) groups is 1. The zero-order chi connectivity index (χ0) is 13.2. The Morgan fingerprint density at radius 2 is 1.89 bits per heavy atom. The summed E-state index contributed by atoms with van der Waals surface area (Å²) >= 11 is 1.59. The Morgan fingerprint density at radius 3 is 2.44 bits per heavy atom. The molecule has 1 aromatic carbocycles. The summed E-state index contributed by atoms with van der Waals surface area (Å²) in [5.74, 6) is -0.544. The first kappa shape index (κ1) is 12.8. The lowest BCUT2D eigenvalue weighted by Gasteiger charge is -2.25. The van der Waals surface area contributed by atoms with Crippen molar-refractivity contribution in [3.8, 4) is 0 Å². The molecule has 0 spiro atoms. The van der Waals surface area contributed by atoms with Crippen molar-refractivity contribution in [1.82, 2.24) is 5.32 Å². The molecule has 2 nitrogen and oxygen atoms in total. The molecule has 0 aliphatic rings. The number of hydrogen-bond acceptors (Lipinski definition) is 2. The zero-order valence-electron chi connectivity index (χ0n) is 10.2. The Morgan fingerprint density at radius 1 is 1.22 bits per heavy atom. The minimum absolute atomic E-state index is 0.201. The molecule has 2 rings (SSSR count). The number of nitrogens with one attached hydrogen (secondary N) is 1. The number of amides is 1. The van der Waals surface area contributed by atoms with E-state index in [-0.39, 0.29) is 11.7 Å². The van der Waals surface area contributed by atoms with E-state index in [0.717, 1.165) is 4.88 Å². The van der Waals surface area contributed by atoms with E-state index < -0.39 is 5.54 Å². The summed E-state index contributed by atoms with van der Waals surface area (Å²) < 4.78 is 12.8. The number of halogens is 1. The molecule has 0 saturated heterocycles. The van der Waals surface area contributed by atoms with Crippen molar-refractivity contribution in [3.63, 3.8) is 0 Å². The second-order valence-corrected chi connectivity index (χ2v) is 5.51. The van der Waals surface area contributed by atoms with Gasteiger partial charge in [-0.05, 0) is 49.6 Å². The average Bonchev–Trinajstić information content (AvgIpc) is 2.83. The Balaban J connectivity index is 2.14. The van der Waals surface area contributed by atoms with Crippen molar-refractivity contribution in [2.75, 3.05) is 0 Å². The summed E-state index contributed by atoms with van der Waals surface area (Å²) in [4.78, 5) is 13.1. The fourth-order valence-corrected chi connectivity index (χ4v) is 2.46. The highest BCUT2D eigenvalue weighted by Crippen LogP contribution is 2.25. The molecule has 0 fully saturated rings. The van der Waals surface area contributed by atoms with Gasteiger partial charge in [0.25, 0.3) is 5.91 Å². The summed E-state index contributed by atoms with van der Waals surface area (Å²) in [6, 6.07) is 9.46. The minimum Gasteiger partial charge on any atom is -0.342 e. The van der Waals surface area contributed by atoms with Crippen LogP contribution in [0.3, 0.4) is 0 Å². The predicted molar refractivity (Wildman–Crippen MR) is 71.2 cm³/mol. The quantitative estimate of drug-likeness (QED) is 0.901. The van der Waals surface area contributed by atoms with Crippen molar-refractivity contribution >= 4 is 17.2 Å². The Labute approximate surface area is 109 Å². The molecule has 0 bridgehead atoms.